The third kappa shape index (κ3) is 4.03. The number of amides is 2. The number of rotatable bonds is 4. The van der Waals surface area contributed by atoms with E-state index < -0.39 is 23.6 Å². The fourth-order valence-electron chi connectivity index (χ4n) is 3.04. The second-order valence-corrected chi connectivity index (χ2v) is 7.41. The van der Waals surface area contributed by atoms with E-state index in [-0.39, 0.29) is 38.5 Å². The van der Waals surface area contributed by atoms with Crippen LogP contribution in [0.2, 0.25) is 5.02 Å². The van der Waals surface area contributed by atoms with Crippen molar-refractivity contribution in [3.05, 3.63) is 82.3 Å². The van der Waals surface area contributed by atoms with E-state index in [4.69, 9.17) is 28.2 Å². The molecule has 1 N–H and O–H groups in total. The molecule has 0 bridgehead atoms. The van der Waals surface area contributed by atoms with Gasteiger partial charge >= 0.3 is 0 Å². The summed E-state index contributed by atoms with van der Waals surface area (Å²) in [5.74, 6) is -2.92. The van der Waals surface area contributed by atoms with Crippen molar-refractivity contribution >= 4 is 58.5 Å². The number of hydrogen-bond acceptors (Lipinski definition) is 6. The van der Waals surface area contributed by atoms with Crippen LogP contribution in [0, 0.1) is 5.82 Å². The number of thiocarbonyl (C=S) groups is 1. The van der Waals surface area contributed by atoms with Gasteiger partial charge in [-0.1, -0.05) is 11.6 Å². The molecule has 0 aliphatic carbocycles. The molecule has 1 fully saturated rings. The maximum Gasteiger partial charge on any atom is 0.270 e. The summed E-state index contributed by atoms with van der Waals surface area (Å²) in [7, 11) is 0. The third-order valence-electron chi connectivity index (χ3n) is 4.57. The molecule has 1 aliphatic rings. The average molecular weight is 470 g/mol. The van der Waals surface area contributed by atoms with E-state index in [1.807, 2.05) is 0 Å². The number of hydrogen-bond donors (Lipinski definition) is 1. The summed E-state index contributed by atoms with van der Waals surface area (Å²) in [6.45, 7) is 0. The van der Waals surface area contributed by atoms with E-state index in [1.54, 1.807) is 12.1 Å². The Morgan fingerprint density at radius 2 is 1.84 bits per heavy atom. The zero-order valence-corrected chi connectivity index (χ0v) is 17.5. The number of nitrogens with one attached hydrogen (secondary N) is 1. The van der Waals surface area contributed by atoms with Gasteiger partial charge in [0.05, 0.1) is 11.7 Å². The molecule has 32 heavy (non-hydrogen) atoms. The smallest absolute Gasteiger partial charge is 0.270 e. The van der Waals surface area contributed by atoms with Gasteiger partial charge in [-0.05, 0) is 72.9 Å². The largest absolute Gasteiger partial charge is 0.545 e. The molecule has 3 aromatic rings. The van der Waals surface area contributed by atoms with E-state index in [0.29, 0.717) is 5.56 Å². The molecular weight excluding hydrogens is 459 g/mol. The van der Waals surface area contributed by atoms with Crippen molar-refractivity contribution in [1.29, 1.82) is 0 Å². The average Bonchev–Trinajstić information content (AvgIpc) is 3.21. The molecule has 2 heterocycles. The lowest BCUT2D eigenvalue weighted by Crippen LogP contribution is -2.54. The Morgan fingerprint density at radius 1 is 1.12 bits per heavy atom. The molecule has 0 unspecified atom stereocenters. The van der Waals surface area contributed by atoms with Gasteiger partial charge in [-0.3, -0.25) is 19.8 Å². The minimum atomic E-state index is -1.44. The second kappa shape index (κ2) is 8.37. The summed E-state index contributed by atoms with van der Waals surface area (Å²) in [6, 6.07) is 12.3. The molecule has 7 nitrogen and oxygen atoms in total. The van der Waals surface area contributed by atoms with Crippen LogP contribution in [0.3, 0.4) is 0 Å². The van der Waals surface area contributed by atoms with Crippen LogP contribution in [-0.4, -0.2) is 22.9 Å². The first-order valence-electron chi connectivity index (χ1n) is 9.03. The van der Waals surface area contributed by atoms with Crippen LogP contribution in [0.4, 0.5) is 10.1 Å². The fraction of sp³-hybridized carbons (Fsp3) is 0. The Morgan fingerprint density at radius 3 is 2.53 bits per heavy atom. The molecule has 1 aliphatic heterocycles. The van der Waals surface area contributed by atoms with E-state index >= 15 is 0 Å². The van der Waals surface area contributed by atoms with Gasteiger partial charge in [0.2, 0.25) is 0 Å². The van der Waals surface area contributed by atoms with Crippen LogP contribution in [0.1, 0.15) is 16.1 Å². The summed E-state index contributed by atoms with van der Waals surface area (Å²) in [6.07, 6.45) is 1.23. The lowest BCUT2D eigenvalue weighted by molar-refractivity contribution is -0.255. The Hall–Kier alpha value is -3.82. The highest BCUT2D eigenvalue weighted by atomic mass is 35.5. The summed E-state index contributed by atoms with van der Waals surface area (Å²) in [5.41, 5.74) is 0.233. The number of benzene rings is 2. The second-order valence-electron chi connectivity index (χ2n) is 6.62. The van der Waals surface area contributed by atoms with Gasteiger partial charge in [-0.2, -0.15) is 0 Å². The molecule has 160 valence electrons. The predicted octanol–water partition coefficient (Wildman–Crippen LogP) is 2.93. The molecule has 4 rings (SSSR count). The quantitative estimate of drug-likeness (QED) is 0.358. The summed E-state index contributed by atoms with van der Waals surface area (Å²) < 4.78 is 18.9. The van der Waals surface area contributed by atoms with Crippen LogP contribution in [0.25, 0.3) is 17.4 Å². The number of carbonyl (C=O) groups is 3. The van der Waals surface area contributed by atoms with Crippen molar-refractivity contribution in [2.75, 3.05) is 4.90 Å². The third-order valence-corrected chi connectivity index (χ3v) is 5.18. The monoisotopic (exact) mass is 469 g/mol. The number of halogens is 2. The number of carboxylic acid groups (broad SMARTS) is 1. The number of aromatic carboxylic acids is 1. The van der Waals surface area contributed by atoms with Gasteiger partial charge in [0.1, 0.15) is 22.9 Å². The van der Waals surface area contributed by atoms with Gasteiger partial charge in [-0.25, -0.2) is 4.39 Å². The van der Waals surface area contributed by atoms with Crippen molar-refractivity contribution in [3.8, 4) is 11.3 Å². The SMILES string of the molecule is O=C1NC(=S)N(c2ccc(F)cc2)C(=O)/C1=C\c1ccc(-c2ccc(Cl)c(C(=O)[O-])c2)o1. The van der Waals surface area contributed by atoms with E-state index in [9.17, 15) is 23.9 Å². The molecule has 0 radical (unpaired) electrons. The molecule has 2 aromatic carbocycles. The Balaban J connectivity index is 1.67. The standard InChI is InChI=1S/C22H12ClFN2O5S/c23-17-7-1-11(9-15(17)21(29)30)18-8-6-14(31-18)10-16-19(27)25-22(32)26(20(16)28)13-4-2-12(24)3-5-13/h1-10H,(H,29,30)(H,25,27,32)/p-1/b16-10-. The van der Waals surface area contributed by atoms with Gasteiger partial charge in [0, 0.05) is 16.1 Å². The van der Waals surface area contributed by atoms with Crippen LogP contribution < -0.4 is 15.3 Å². The lowest BCUT2D eigenvalue weighted by atomic mass is 10.1. The van der Waals surface area contributed by atoms with Crippen LogP contribution in [0.15, 0.2) is 64.6 Å². The highest BCUT2D eigenvalue weighted by Crippen LogP contribution is 2.28. The number of anilines is 1. The Labute approximate surface area is 190 Å². The first kappa shape index (κ1) is 21.4. The summed E-state index contributed by atoms with van der Waals surface area (Å²) in [4.78, 5) is 37.6. The highest BCUT2D eigenvalue weighted by Gasteiger charge is 2.34. The molecule has 1 saturated heterocycles. The predicted molar refractivity (Wildman–Crippen MR) is 116 cm³/mol. The maximum absolute atomic E-state index is 13.2. The highest BCUT2D eigenvalue weighted by molar-refractivity contribution is 7.80. The van der Waals surface area contributed by atoms with Crippen molar-refractivity contribution < 1.29 is 28.3 Å². The number of carbonyl (C=O) groups excluding carboxylic acids is 3. The van der Waals surface area contributed by atoms with E-state index in [1.165, 1.54) is 36.4 Å². The minimum Gasteiger partial charge on any atom is -0.545 e. The lowest BCUT2D eigenvalue weighted by Gasteiger charge is -2.28. The normalized spacial score (nSPS) is 15.2. The van der Waals surface area contributed by atoms with Gasteiger partial charge in [0.15, 0.2) is 5.11 Å². The number of nitrogens with zero attached hydrogens (tertiary/aromatic N) is 1. The van der Waals surface area contributed by atoms with Gasteiger partial charge in [-0.15, -0.1) is 0 Å². The zero-order valence-electron chi connectivity index (χ0n) is 15.9. The first-order chi connectivity index (χ1) is 15.2. The van der Waals surface area contributed by atoms with Gasteiger partial charge < -0.3 is 14.3 Å². The van der Waals surface area contributed by atoms with Crippen LogP contribution in [-0.2, 0) is 9.59 Å². The van der Waals surface area contributed by atoms with Crippen molar-refractivity contribution in [2.45, 2.75) is 0 Å². The van der Waals surface area contributed by atoms with Crippen molar-refractivity contribution in [2.24, 2.45) is 0 Å². The topological polar surface area (TPSA) is 103 Å². The molecule has 2 amide bonds. The Bertz CT molecular complexity index is 1320. The fourth-order valence-corrected chi connectivity index (χ4v) is 3.52. The molecule has 1 aromatic heterocycles. The van der Waals surface area contributed by atoms with E-state index in [0.717, 1.165) is 17.0 Å². The zero-order chi connectivity index (χ0) is 23.0. The summed E-state index contributed by atoms with van der Waals surface area (Å²) >= 11 is 10.9. The van der Waals surface area contributed by atoms with Gasteiger partial charge in [0.25, 0.3) is 11.8 Å². The molecular formula is C22H11ClFN2O5S-. The van der Waals surface area contributed by atoms with Crippen LogP contribution >= 0.6 is 23.8 Å². The number of carboxylic acids is 1. The molecule has 10 heteroatoms. The number of furan rings is 1. The molecule has 0 atom stereocenters. The minimum absolute atomic E-state index is 0.0176. The van der Waals surface area contributed by atoms with E-state index in [2.05, 4.69) is 5.32 Å². The Kier molecular flexibility index (Phi) is 5.60. The molecule has 0 saturated carbocycles. The summed E-state index contributed by atoms with van der Waals surface area (Å²) in [5, 5.41) is 13.5. The molecule has 0 spiro atoms. The van der Waals surface area contributed by atoms with Crippen LogP contribution in [0.5, 0.6) is 0 Å². The van der Waals surface area contributed by atoms with Crippen molar-refractivity contribution in [1.82, 2.24) is 5.32 Å². The van der Waals surface area contributed by atoms with Crippen molar-refractivity contribution in [3.63, 3.8) is 0 Å². The first-order valence-corrected chi connectivity index (χ1v) is 9.81. The maximum atomic E-state index is 13.2.